The lowest BCUT2D eigenvalue weighted by Crippen LogP contribution is -2.46. The Balaban J connectivity index is 1.33. The van der Waals surface area contributed by atoms with Crippen molar-refractivity contribution < 1.29 is 29.0 Å². The number of anilines is 2. The molecular weight excluding hydrogens is 590 g/mol. The van der Waals surface area contributed by atoms with Gasteiger partial charge in [-0.25, -0.2) is 4.79 Å². The molecule has 228 valence electrons. The van der Waals surface area contributed by atoms with E-state index in [0.29, 0.717) is 60.2 Å². The lowest BCUT2D eigenvalue weighted by molar-refractivity contribution is -0.146. The average Bonchev–Trinajstić information content (AvgIpc) is 3.71. The van der Waals surface area contributed by atoms with Crippen molar-refractivity contribution in [3.8, 4) is 0 Å². The van der Waals surface area contributed by atoms with Crippen molar-refractivity contribution in [1.29, 1.82) is 0 Å². The molecule has 2 amide bonds. The molecule has 4 atom stereocenters. The molecular formula is C30H36ClN5O6Si. The summed E-state index contributed by atoms with van der Waals surface area (Å²) in [6.45, 7) is 7.34. The highest BCUT2D eigenvalue weighted by atomic mass is 35.5. The predicted octanol–water partition coefficient (Wildman–Crippen LogP) is 3.86. The number of carbonyl (C=O) groups is 2. The lowest BCUT2D eigenvalue weighted by atomic mass is 9.82. The van der Waals surface area contributed by atoms with Gasteiger partial charge >= 0.3 is 6.09 Å². The molecule has 0 aliphatic carbocycles. The number of aromatic nitrogens is 3. The largest absolute Gasteiger partial charge is 0.447 e. The van der Waals surface area contributed by atoms with E-state index in [4.69, 9.17) is 21.1 Å². The van der Waals surface area contributed by atoms with E-state index < -0.39 is 20.0 Å². The molecule has 2 fully saturated rings. The van der Waals surface area contributed by atoms with Gasteiger partial charge in [-0.05, 0) is 55.4 Å². The first kappa shape index (κ1) is 29.8. The van der Waals surface area contributed by atoms with Gasteiger partial charge in [-0.1, -0.05) is 35.9 Å². The van der Waals surface area contributed by atoms with E-state index in [0.717, 1.165) is 5.56 Å². The second kappa shape index (κ2) is 11.3. The summed E-state index contributed by atoms with van der Waals surface area (Å²) in [6.07, 6.45) is 1.95. The fourth-order valence-electron chi connectivity index (χ4n) is 7.05. The van der Waals surface area contributed by atoms with Crippen LogP contribution in [0.25, 0.3) is 0 Å². The van der Waals surface area contributed by atoms with Gasteiger partial charge in [-0.3, -0.25) is 14.4 Å². The monoisotopic (exact) mass is 625 g/mol. The van der Waals surface area contributed by atoms with Gasteiger partial charge in [0.05, 0.1) is 30.6 Å². The molecule has 0 unspecified atom stereocenters. The first-order chi connectivity index (χ1) is 20.5. The normalized spacial score (nSPS) is 25.2. The van der Waals surface area contributed by atoms with Crippen LogP contribution in [0.1, 0.15) is 30.2 Å². The van der Waals surface area contributed by atoms with Crippen LogP contribution < -0.4 is 9.80 Å². The molecule has 3 aromatic rings. The van der Waals surface area contributed by atoms with Crippen molar-refractivity contribution in [2.75, 3.05) is 29.6 Å². The zero-order chi connectivity index (χ0) is 30.5. The van der Waals surface area contributed by atoms with Crippen LogP contribution in [0.5, 0.6) is 0 Å². The average molecular weight is 626 g/mol. The number of hydrogen-bond donors (Lipinski definition) is 2. The molecule has 13 heteroatoms. The maximum Gasteiger partial charge on any atom is 0.414 e. The molecule has 3 aliphatic heterocycles. The second-order valence-corrected chi connectivity index (χ2v) is 16.5. The molecule has 0 bridgehead atoms. The summed E-state index contributed by atoms with van der Waals surface area (Å²) >= 11 is 6.52. The summed E-state index contributed by atoms with van der Waals surface area (Å²) in [5, 5.41) is 18.0. The van der Waals surface area contributed by atoms with Crippen LogP contribution in [0.3, 0.4) is 0 Å². The number of aliphatic hydroxyl groups is 1. The fourth-order valence-corrected chi connectivity index (χ4v) is 9.82. The quantitative estimate of drug-likeness (QED) is 0.343. The summed E-state index contributed by atoms with van der Waals surface area (Å²) in [7, 11) is -2.84. The molecule has 43 heavy (non-hydrogen) atoms. The number of cyclic esters (lactones) is 1. The summed E-state index contributed by atoms with van der Waals surface area (Å²) < 4.78 is 13.7. The lowest BCUT2D eigenvalue weighted by Gasteiger charge is -2.32. The highest BCUT2D eigenvalue weighted by Gasteiger charge is 2.66. The van der Waals surface area contributed by atoms with Gasteiger partial charge in [-0.2, -0.15) is 0 Å². The summed E-state index contributed by atoms with van der Waals surface area (Å²) in [4.78, 5) is 41.6. The highest BCUT2D eigenvalue weighted by molar-refractivity contribution is 6.71. The van der Waals surface area contributed by atoms with Crippen LogP contribution in [0.4, 0.5) is 16.2 Å². The summed E-state index contributed by atoms with van der Waals surface area (Å²) in [6, 6.07) is 13.0. The Morgan fingerprint density at radius 1 is 1.19 bits per heavy atom. The van der Waals surface area contributed by atoms with Crippen molar-refractivity contribution in [2.45, 2.75) is 63.2 Å². The minimum atomic E-state index is -2.84. The molecule has 1 spiro atoms. The molecule has 2 aromatic carbocycles. The van der Waals surface area contributed by atoms with Gasteiger partial charge in [0.1, 0.15) is 6.61 Å². The Morgan fingerprint density at radius 3 is 2.72 bits per heavy atom. The number of aryl methyl sites for hydroxylation is 1. The third kappa shape index (κ3) is 5.25. The third-order valence-corrected chi connectivity index (χ3v) is 11.6. The number of nitrogens with zero attached hydrogens (tertiary/aromatic N) is 5. The zero-order valence-electron chi connectivity index (χ0n) is 24.4. The Labute approximate surface area is 256 Å². The molecule has 6 rings (SSSR count). The Bertz CT molecular complexity index is 1550. The van der Waals surface area contributed by atoms with Gasteiger partial charge in [0, 0.05) is 53.5 Å². The SMILES string of the molecule is C[C@@H]1[C@@H]([Si](C)(C)O)[C@H](CCn2cc(CCO)nn2)O[C@@]12C(=O)N(Cc1cccc(N3CCOC3=O)c1)c1ccc(Cl)cc12. The van der Waals surface area contributed by atoms with Gasteiger partial charge in [0.2, 0.25) is 0 Å². The van der Waals surface area contributed by atoms with Crippen molar-refractivity contribution >= 4 is 43.3 Å². The molecule has 1 aromatic heterocycles. The van der Waals surface area contributed by atoms with Crippen LogP contribution in [0.15, 0.2) is 48.7 Å². The maximum absolute atomic E-state index is 14.6. The zero-order valence-corrected chi connectivity index (χ0v) is 26.2. The smallest absolute Gasteiger partial charge is 0.414 e. The van der Waals surface area contributed by atoms with E-state index in [1.54, 1.807) is 26.7 Å². The van der Waals surface area contributed by atoms with Crippen molar-refractivity contribution in [3.05, 3.63) is 70.5 Å². The molecule has 11 nitrogen and oxygen atoms in total. The van der Waals surface area contributed by atoms with Gasteiger partial charge in [0.15, 0.2) is 13.9 Å². The van der Waals surface area contributed by atoms with Crippen molar-refractivity contribution in [1.82, 2.24) is 15.0 Å². The number of ether oxygens (including phenoxy) is 2. The highest BCUT2D eigenvalue weighted by Crippen LogP contribution is 2.60. The summed E-state index contributed by atoms with van der Waals surface area (Å²) in [5.41, 5.74) is 2.12. The van der Waals surface area contributed by atoms with Crippen LogP contribution >= 0.6 is 11.6 Å². The first-order valence-corrected chi connectivity index (χ1v) is 18.0. The minimum Gasteiger partial charge on any atom is -0.447 e. The first-order valence-electron chi connectivity index (χ1n) is 14.6. The van der Waals surface area contributed by atoms with Crippen LogP contribution in [-0.2, 0) is 39.4 Å². The van der Waals surface area contributed by atoms with Gasteiger partial charge in [-0.15, -0.1) is 5.10 Å². The van der Waals surface area contributed by atoms with Crippen LogP contribution in [-0.4, -0.2) is 71.1 Å². The predicted molar refractivity (Wildman–Crippen MR) is 162 cm³/mol. The number of hydrogen-bond acceptors (Lipinski definition) is 8. The molecule has 0 saturated carbocycles. The molecule has 4 heterocycles. The standard InChI is InChI=1S/C30H36ClN5O6Si/c1-19-27(43(2,3)40)26(9-11-34-18-22(10-13-37)32-33-34)42-30(19)24-16-21(31)7-8-25(24)36(28(30)38)17-20-5-4-6-23(15-20)35-12-14-41-29(35)39/h4-8,15-16,18-19,26-27,37,40H,9-14,17H2,1-3H3/t19-,26+,27-,30+/m1/s1. The van der Waals surface area contributed by atoms with E-state index in [2.05, 4.69) is 10.3 Å². The van der Waals surface area contributed by atoms with E-state index in [9.17, 15) is 19.5 Å². The topological polar surface area (TPSA) is 130 Å². The number of carbonyl (C=O) groups excluding carboxylic acids is 2. The third-order valence-electron chi connectivity index (χ3n) is 8.87. The fraction of sp³-hybridized carbons (Fsp3) is 0.467. The number of halogens is 1. The van der Waals surface area contributed by atoms with Gasteiger partial charge in [0.25, 0.3) is 5.91 Å². The second-order valence-electron chi connectivity index (χ2n) is 12.1. The number of rotatable bonds is 9. The van der Waals surface area contributed by atoms with Crippen LogP contribution in [0, 0.1) is 5.92 Å². The molecule has 3 aliphatic rings. The molecule has 2 N–H and O–H groups in total. The molecule has 0 radical (unpaired) electrons. The number of benzene rings is 2. The van der Waals surface area contributed by atoms with E-state index >= 15 is 0 Å². The van der Waals surface area contributed by atoms with Crippen molar-refractivity contribution in [3.63, 3.8) is 0 Å². The number of aliphatic hydroxyl groups excluding tert-OH is 1. The number of fused-ring (bicyclic) bond motifs is 2. The van der Waals surface area contributed by atoms with Crippen molar-refractivity contribution in [2.24, 2.45) is 5.92 Å². The van der Waals surface area contributed by atoms with E-state index in [1.165, 1.54) is 0 Å². The maximum atomic E-state index is 14.6. The van der Waals surface area contributed by atoms with E-state index in [1.807, 2.05) is 56.4 Å². The van der Waals surface area contributed by atoms with Gasteiger partial charge < -0.3 is 24.3 Å². The summed E-state index contributed by atoms with van der Waals surface area (Å²) in [5.74, 6) is -0.523. The van der Waals surface area contributed by atoms with Crippen LogP contribution in [0.2, 0.25) is 23.7 Å². The van der Waals surface area contributed by atoms with E-state index in [-0.39, 0.29) is 36.6 Å². The minimum absolute atomic E-state index is 0.00743. The Morgan fingerprint density at radius 2 is 2.00 bits per heavy atom. The Kier molecular flexibility index (Phi) is 7.84. The molecule has 2 saturated heterocycles. The Hall–Kier alpha value is -3.29. The number of amides is 2.